The first kappa shape index (κ1) is 13.8. The van der Waals surface area contributed by atoms with E-state index in [9.17, 15) is 5.11 Å². The second kappa shape index (κ2) is 5.41. The number of nitrogens with zero attached hydrogens (tertiary/aromatic N) is 1. The van der Waals surface area contributed by atoms with Crippen LogP contribution in [0.3, 0.4) is 0 Å². The smallest absolute Gasteiger partial charge is 0.160 e. The summed E-state index contributed by atoms with van der Waals surface area (Å²) in [5, 5.41) is 9.54. The van der Waals surface area contributed by atoms with Crippen LogP contribution in [0, 0.1) is 0 Å². The van der Waals surface area contributed by atoms with E-state index in [0.717, 1.165) is 18.5 Å². The van der Waals surface area contributed by atoms with Gasteiger partial charge in [0.05, 0.1) is 7.11 Å². The van der Waals surface area contributed by atoms with Crippen molar-refractivity contribution in [2.24, 2.45) is 0 Å². The zero-order chi connectivity index (χ0) is 13.1. The molecule has 0 aliphatic carbocycles. The Bertz CT molecular complexity index is 374. The lowest BCUT2D eigenvalue weighted by Gasteiger charge is -2.34. The minimum absolute atomic E-state index is 0.172. The van der Waals surface area contributed by atoms with Crippen LogP contribution in [-0.4, -0.2) is 29.7 Å². The highest BCUT2D eigenvalue weighted by atomic mass is 16.5. The molecular weight excluding hydrogens is 214 g/mol. The molecule has 0 aliphatic heterocycles. The average Bonchev–Trinajstić information content (AvgIpc) is 2.31. The van der Waals surface area contributed by atoms with Crippen molar-refractivity contribution in [1.29, 1.82) is 0 Å². The molecule has 0 saturated carbocycles. The van der Waals surface area contributed by atoms with Gasteiger partial charge in [-0.1, -0.05) is 13.0 Å². The zero-order valence-corrected chi connectivity index (χ0v) is 11.4. The Hall–Kier alpha value is -1.22. The van der Waals surface area contributed by atoms with Gasteiger partial charge in [0.15, 0.2) is 11.5 Å². The van der Waals surface area contributed by atoms with Crippen molar-refractivity contribution < 1.29 is 9.84 Å². The summed E-state index contributed by atoms with van der Waals surface area (Å²) in [6, 6.07) is 5.50. The van der Waals surface area contributed by atoms with Crippen molar-refractivity contribution in [1.82, 2.24) is 4.90 Å². The molecule has 0 aliphatic rings. The van der Waals surface area contributed by atoms with Crippen molar-refractivity contribution in [2.75, 3.05) is 14.2 Å². The van der Waals surface area contributed by atoms with Crippen LogP contribution in [0.4, 0.5) is 0 Å². The molecule has 0 amide bonds. The van der Waals surface area contributed by atoms with Gasteiger partial charge in [0.2, 0.25) is 0 Å². The molecule has 0 heterocycles. The Morgan fingerprint density at radius 1 is 1.35 bits per heavy atom. The summed E-state index contributed by atoms with van der Waals surface area (Å²) in [6.45, 7) is 7.49. The number of phenols is 1. The van der Waals surface area contributed by atoms with E-state index in [-0.39, 0.29) is 11.3 Å². The van der Waals surface area contributed by atoms with Crippen molar-refractivity contribution in [2.45, 2.75) is 39.3 Å². The van der Waals surface area contributed by atoms with Crippen molar-refractivity contribution in [3.63, 3.8) is 0 Å². The van der Waals surface area contributed by atoms with Crippen LogP contribution in [-0.2, 0) is 6.54 Å². The molecule has 1 rings (SSSR count). The van der Waals surface area contributed by atoms with Gasteiger partial charge in [-0.15, -0.1) is 0 Å². The number of benzene rings is 1. The van der Waals surface area contributed by atoms with Crippen LogP contribution in [0.2, 0.25) is 0 Å². The summed E-state index contributed by atoms with van der Waals surface area (Å²) in [5.74, 6) is 0.721. The average molecular weight is 237 g/mol. The van der Waals surface area contributed by atoms with Gasteiger partial charge in [-0.3, -0.25) is 4.90 Å². The monoisotopic (exact) mass is 237 g/mol. The number of hydrogen-bond acceptors (Lipinski definition) is 3. The van der Waals surface area contributed by atoms with Crippen molar-refractivity contribution >= 4 is 0 Å². The molecule has 0 fully saturated rings. The Labute approximate surface area is 104 Å². The quantitative estimate of drug-likeness (QED) is 0.854. The summed E-state index contributed by atoms with van der Waals surface area (Å²) < 4.78 is 5.11. The van der Waals surface area contributed by atoms with Crippen LogP contribution in [0.25, 0.3) is 0 Å². The Morgan fingerprint density at radius 3 is 2.53 bits per heavy atom. The summed E-state index contributed by atoms with van der Waals surface area (Å²) in [5.41, 5.74) is 1.31. The molecule has 17 heavy (non-hydrogen) atoms. The van der Waals surface area contributed by atoms with E-state index in [4.69, 9.17) is 4.74 Å². The number of phenolic OH excluding ortho intramolecular Hbond substituents is 1. The fourth-order valence-electron chi connectivity index (χ4n) is 1.58. The van der Waals surface area contributed by atoms with Gasteiger partial charge in [0.1, 0.15) is 0 Å². The van der Waals surface area contributed by atoms with Gasteiger partial charge in [0, 0.05) is 12.1 Å². The number of aromatic hydroxyl groups is 1. The van der Waals surface area contributed by atoms with E-state index in [1.54, 1.807) is 13.2 Å². The molecule has 1 N–H and O–H groups in total. The number of hydrogen-bond donors (Lipinski definition) is 1. The van der Waals surface area contributed by atoms with Crippen LogP contribution in [0.5, 0.6) is 11.5 Å². The van der Waals surface area contributed by atoms with E-state index < -0.39 is 0 Å². The lowest BCUT2D eigenvalue weighted by Crippen LogP contribution is -2.39. The van der Waals surface area contributed by atoms with Crippen LogP contribution in [0.1, 0.15) is 32.8 Å². The van der Waals surface area contributed by atoms with Gasteiger partial charge in [-0.05, 0) is 45.0 Å². The Kier molecular flexibility index (Phi) is 4.40. The van der Waals surface area contributed by atoms with Gasteiger partial charge in [-0.2, -0.15) is 0 Å². The number of rotatable bonds is 5. The highest BCUT2D eigenvalue weighted by Gasteiger charge is 2.21. The molecule has 0 atom stereocenters. The number of ether oxygens (including phenoxy) is 1. The third kappa shape index (κ3) is 3.37. The molecule has 3 heteroatoms. The van der Waals surface area contributed by atoms with E-state index in [2.05, 4.69) is 32.7 Å². The lowest BCUT2D eigenvalue weighted by molar-refractivity contribution is 0.143. The highest BCUT2D eigenvalue weighted by Crippen LogP contribution is 2.28. The molecule has 3 nitrogen and oxygen atoms in total. The standard InChI is InChI=1S/C14H23NO2/c1-6-14(2,3)15(4)10-11-7-8-12(16)13(9-11)17-5/h7-9,16H,6,10H2,1-5H3. The largest absolute Gasteiger partial charge is 0.504 e. The molecule has 1 aromatic carbocycles. The molecule has 0 saturated heterocycles. The first-order chi connectivity index (χ1) is 7.90. The molecule has 0 unspecified atom stereocenters. The van der Waals surface area contributed by atoms with Crippen molar-refractivity contribution in [3.8, 4) is 11.5 Å². The first-order valence-corrected chi connectivity index (χ1v) is 5.98. The van der Waals surface area contributed by atoms with Gasteiger partial charge >= 0.3 is 0 Å². The molecule has 0 radical (unpaired) electrons. The fourth-order valence-corrected chi connectivity index (χ4v) is 1.58. The molecule has 0 aromatic heterocycles. The fraction of sp³-hybridized carbons (Fsp3) is 0.571. The van der Waals surface area contributed by atoms with Crippen LogP contribution >= 0.6 is 0 Å². The second-order valence-electron chi connectivity index (χ2n) is 5.03. The van der Waals surface area contributed by atoms with Crippen LogP contribution in [0.15, 0.2) is 18.2 Å². The Morgan fingerprint density at radius 2 is 2.00 bits per heavy atom. The van der Waals surface area contributed by atoms with Crippen molar-refractivity contribution in [3.05, 3.63) is 23.8 Å². The SMILES string of the molecule is CCC(C)(C)N(C)Cc1ccc(O)c(OC)c1. The van der Waals surface area contributed by atoms with E-state index in [1.807, 2.05) is 12.1 Å². The summed E-state index contributed by atoms with van der Waals surface area (Å²) in [4.78, 5) is 2.30. The maximum atomic E-state index is 9.54. The lowest BCUT2D eigenvalue weighted by atomic mass is 9.99. The van der Waals surface area contributed by atoms with E-state index >= 15 is 0 Å². The molecule has 1 aromatic rings. The summed E-state index contributed by atoms with van der Waals surface area (Å²) in [7, 11) is 3.68. The molecule has 0 bridgehead atoms. The predicted octanol–water partition coefficient (Wildman–Crippen LogP) is 3.02. The predicted molar refractivity (Wildman–Crippen MR) is 70.5 cm³/mol. The maximum absolute atomic E-state index is 9.54. The minimum Gasteiger partial charge on any atom is -0.504 e. The van der Waals surface area contributed by atoms with Gasteiger partial charge in [0.25, 0.3) is 0 Å². The third-order valence-corrected chi connectivity index (χ3v) is 3.56. The molecular formula is C14H23NO2. The number of methoxy groups -OCH3 is 1. The highest BCUT2D eigenvalue weighted by molar-refractivity contribution is 5.41. The molecule has 0 spiro atoms. The summed E-state index contributed by atoms with van der Waals surface area (Å²) in [6.07, 6.45) is 1.10. The van der Waals surface area contributed by atoms with E-state index in [1.165, 1.54) is 0 Å². The topological polar surface area (TPSA) is 32.7 Å². The zero-order valence-electron chi connectivity index (χ0n) is 11.4. The van der Waals surface area contributed by atoms with Crippen LogP contribution < -0.4 is 4.74 Å². The van der Waals surface area contributed by atoms with Gasteiger partial charge < -0.3 is 9.84 Å². The van der Waals surface area contributed by atoms with Gasteiger partial charge in [-0.25, -0.2) is 0 Å². The van der Waals surface area contributed by atoms with E-state index in [0.29, 0.717) is 5.75 Å². The first-order valence-electron chi connectivity index (χ1n) is 5.98. The minimum atomic E-state index is 0.172. The molecule has 96 valence electrons. The third-order valence-electron chi connectivity index (χ3n) is 3.56. The Balaban J connectivity index is 2.82. The second-order valence-corrected chi connectivity index (χ2v) is 5.03. The maximum Gasteiger partial charge on any atom is 0.160 e. The summed E-state index contributed by atoms with van der Waals surface area (Å²) >= 11 is 0. The normalized spacial score (nSPS) is 11.9.